The third kappa shape index (κ3) is 11.6. The summed E-state index contributed by atoms with van der Waals surface area (Å²) in [6.45, 7) is 7.49. The van der Waals surface area contributed by atoms with Gasteiger partial charge in [-0.25, -0.2) is 0 Å². The van der Waals surface area contributed by atoms with Gasteiger partial charge in [0.1, 0.15) is 5.75 Å². The van der Waals surface area contributed by atoms with Crippen molar-refractivity contribution < 1.29 is 9.53 Å². The van der Waals surface area contributed by atoms with Gasteiger partial charge in [0.25, 0.3) is 5.91 Å². The summed E-state index contributed by atoms with van der Waals surface area (Å²) in [6.07, 6.45) is 14.5. The van der Waals surface area contributed by atoms with Gasteiger partial charge in [-0.2, -0.15) is 0 Å². The van der Waals surface area contributed by atoms with E-state index < -0.39 is 0 Å². The number of carbonyl (C=O) groups excluding carboxylic acids is 1. The number of nitrogens with one attached hydrogen (secondary N) is 1. The fourth-order valence-electron chi connectivity index (χ4n) is 4.89. The van der Waals surface area contributed by atoms with E-state index in [1.807, 2.05) is 0 Å². The lowest BCUT2D eigenvalue weighted by Crippen LogP contribution is -2.46. The van der Waals surface area contributed by atoms with E-state index in [9.17, 15) is 4.79 Å². The zero-order valence-corrected chi connectivity index (χ0v) is 22.7. The van der Waals surface area contributed by atoms with Crippen LogP contribution in [-0.4, -0.2) is 73.1 Å². The van der Waals surface area contributed by atoms with Crippen LogP contribution in [0, 0.1) is 0 Å². The van der Waals surface area contributed by atoms with Crippen molar-refractivity contribution in [3.05, 3.63) is 59.9 Å². The standard InChI is InChI=1S/C30H47N5O2/c1-37-29-15-13-26(14-16-29)25-35-21-19-34(20-22-35)18-9-7-5-3-2-4-6-8-12-28(31)24-33-30(36)27-11-10-17-32-23-27/h10-11,13-17,23,28H,2-9,12,18-22,24-25,31H2,1H3,(H,33,36). The molecule has 2 aromatic rings. The van der Waals surface area contributed by atoms with Crippen molar-refractivity contribution in [2.45, 2.75) is 70.4 Å². The van der Waals surface area contributed by atoms with E-state index in [0.29, 0.717) is 12.1 Å². The Morgan fingerprint density at radius 1 is 0.946 bits per heavy atom. The molecule has 0 aliphatic carbocycles. The molecule has 1 aromatic carbocycles. The molecule has 1 atom stereocenters. The Labute approximate surface area is 223 Å². The van der Waals surface area contributed by atoms with E-state index in [4.69, 9.17) is 10.5 Å². The molecule has 0 saturated carbocycles. The van der Waals surface area contributed by atoms with E-state index in [1.54, 1.807) is 31.6 Å². The van der Waals surface area contributed by atoms with E-state index in [0.717, 1.165) is 38.2 Å². The maximum absolute atomic E-state index is 12.0. The summed E-state index contributed by atoms with van der Waals surface area (Å²) in [5, 5.41) is 2.90. The second-order valence-corrected chi connectivity index (χ2v) is 10.3. The SMILES string of the molecule is COc1ccc(CN2CCN(CCCCCCCCCCC(N)CNC(=O)c3cccnc3)CC2)cc1. The Balaban J connectivity index is 1.10. The molecule has 1 unspecified atom stereocenters. The first-order chi connectivity index (χ1) is 18.1. The first kappa shape index (κ1) is 29.1. The molecule has 7 heteroatoms. The minimum absolute atomic E-state index is 0.0185. The number of benzene rings is 1. The van der Waals surface area contributed by atoms with Gasteiger partial charge in [0.2, 0.25) is 0 Å². The van der Waals surface area contributed by atoms with Crippen molar-refractivity contribution in [1.82, 2.24) is 20.1 Å². The molecule has 3 N–H and O–H groups in total. The molecule has 1 fully saturated rings. The van der Waals surface area contributed by atoms with Crippen LogP contribution in [0.3, 0.4) is 0 Å². The molecule has 0 spiro atoms. The van der Waals surface area contributed by atoms with Crippen LogP contribution in [0.2, 0.25) is 0 Å². The van der Waals surface area contributed by atoms with Gasteiger partial charge in [-0.3, -0.25) is 14.7 Å². The molecule has 1 aromatic heterocycles. The second kappa shape index (κ2) is 17.1. The van der Waals surface area contributed by atoms with E-state index in [2.05, 4.69) is 44.4 Å². The van der Waals surface area contributed by atoms with Gasteiger partial charge >= 0.3 is 0 Å². The molecule has 7 nitrogen and oxygen atoms in total. The Kier molecular flexibility index (Phi) is 13.4. The van der Waals surface area contributed by atoms with Gasteiger partial charge in [0, 0.05) is 57.7 Å². The summed E-state index contributed by atoms with van der Waals surface area (Å²) in [5.74, 6) is 0.824. The van der Waals surface area contributed by atoms with Gasteiger partial charge in [0.05, 0.1) is 12.7 Å². The van der Waals surface area contributed by atoms with Gasteiger partial charge in [-0.15, -0.1) is 0 Å². The van der Waals surface area contributed by atoms with Crippen molar-refractivity contribution in [3.63, 3.8) is 0 Å². The van der Waals surface area contributed by atoms with Crippen molar-refractivity contribution in [2.75, 3.05) is 46.4 Å². The van der Waals surface area contributed by atoms with Gasteiger partial charge in [-0.05, 0) is 49.2 Å². The summed E-state index contributed by atoms with van der Waals surface area (Å²) in [6, 6.07) is 12.0. The first-order valence-electron chi connectivity index (χ1n) is 14.2. The largest absolute Gasteiger partial charge is 0.497 e. The Morgan fingerprint density at radius 2 is 1.59 bits per heavy atom. The summed E-state index contributed by atoms with van der Waals surface area (Å²) >= 11 is 0. The number of methoxy groups -OCH3 is 1. The molecule has 1 aliphatic rings. The number of ether oxygens (including phenoxy) is 1. The molecular formula is C30H47N5O2. The van der Waals surface area contributed by atoms with Crippen LogP contribution in [0.1, 0.15) is 73.7 Å². The predicted molar refractivity (Wildman–Crippen MR) is 151 cm³/mol. The van der Waals surface area contributed by atoms with Crippen LogP contribution in [0.4, 0.5) is 0 Å². The number of hydrogen-bond acceptors (Lipinski definition) is 6. The Morgan fingerprint density at radius 3 is 2.24 bits per heavy atom. The van der Waals surface area contributed by atoms with Gasteiger partial charge in [-0.1, -0.05) is 57.1 Å². The quantitative estimate of drug-likeness (QED) is 0.306. The van der Waals surface area contributed by atoms with Crippen molar-refractivity contribution >= 4 is 5.91 Å². The fourth-order valence-corrected chi connectivity index (χ4v) is 4.89. The Hall–Kier alpha value is -2.48. The molecule has 0 bridgehead atoms. The molecule has 37 heavy (non-hydrogen) atoms. The van der Waals surface area contributed by atoms with Crippen LogP contribution in [-0.2, 0) is 6.54 Å². The van der Waals surface area contributed by atoms with Crippen LogP contribution < -0.4 is 15.8 Å². The summed E-state index contributed by atoms with van der Waals surface area (Å²) in [5.41, 5.74) is 8.11. The average molecular weight is 510 g/mol. The van der Waals surface area contributed by atoms with E-state index in [1.165, 1.54) is 70.1 Å². The van der Waals surface area contributed by atoms with E-state index >= 15 is 0 Å². The zero-order chi connectivity index (χ0) is 26.1. The number of amides is 1. The van der Waals surface area contributed by atoms with Crippen molar-refractivity contribution in [1.29, 1.82) is 0 Å². The fraction of sp³-hybridized carbons (Fsp3) is 0.600. The average Bonchev–Trinajstić information content (AvgIpc) is 2.94. The van der Waals surface area contributed by atoms with Crippen LogP contribution in [0.25, 0.3) is 0 Å². The van der Waals surface area contributed by atoms with Crippen molar-refractivity contribution in [2.24, 2.45) is 5.73 Å². The summed E-state index contributed by atoms with van der Waals surface area (Å²) < 4.78 is 5.25. The highest BCUT2D eigenvalue weighted by molar-refractivity contribution is 5.93. The highest BCUT2D eigenvalue weighted by Crippen LogP contribution is 2.15. The molecule has 1 aliphatic heterocycles. The molecule has 1 amide bonds. The minimum Gasteiger partial charge on any atom is -0.497 e. The maximum Gasteiger partial charge on any atom is 0.252 e. The van der Waals surface area contributed by atoms with Crippen molar-refractivity contribution in [3.8, 4) is 5.75 Å². The Bertz CT molecular complexity index is 869. The van der Waals surface area contributed by atoms with Gasteiger partial charge in [0.15, 0.2) is 0 Å². The second-order valence-electron chi connectivity index (χ2n) is 10.3. The number of aromatic nitrogens is 1. The summed E-state index contributed by atoms with van der Waals surface area (Å²) in [4.78, 5) is 21.2. The number of rotatable bonds is 17. The molecule has 2 heterocycles. The molecule has 204 valence electrons. The number of nitrogens with two attached hydrogens (primary N) is 1. The van der Waals surface area contributed by atoms with Crippen LogP contribution in [0.15, 0.2) is 48.8 Å². The maximum atomic E-state index is 12.0. The smallest absolute Gasteiger partial charge is 0.252 e. The third-order valence-electron chi connectivity index (χ3n) is 7.28. The van der Waals surface area contributed by atoms with E-state index in [-0.39, 0.29) is 11.9 Å². The number of hydrogen-bond donors (Lipinski definition) is 2. The topological polar surface area (TPSA) is 83.7 Å². The highest BCUT2D eigenvalue weighted by atomic mass is 16.5. The molecule has 1 saturated heterocycles. The van der Waals surface area contributed by atoms with Crippen LogP contribution in [0.5, 0.6) is 5.75 Å². The van der Waals surface area contributed by atoms with Crippen LogP contribution >= 0.6 is 0 Å². The zero-order valence-electron chi connectivity index (χ0n) is 22.7. The number of piperazine rings is 1. The minimum atomic E-state index is -0.101. The molecular weight excluding hydrogens is 462 g/mol. The van der Waals surface area contributed by atoms with Gasteiger partial charge < -0.3 is 20.7 Å². The highest BCUT2D eigenvalue weighted by Gasteiger charge is 2.16. The number of nitrogens with zero attached hydrogens (tertiary/aromatic N) is 3. The summed E-state index contributed by atoms with van der Waals surface area (Å²) in [7, 11) is 1.71. The first-order valence-corrected chi connectivity index (χ1v) is 14.2. The monoisotopic (exact) mass is 509 g/mol. The normalized spacial score (nSPS) is 15.4. The number of pyridine rings is 1. The third-order valence-corrected chi connectivity index (χ3v) is 7.28. The molecule has 0 radical (unpaired) electrons. The lowest BCUT2D eigenvalue weighted by Gasteiger charge is -2.34. The predicted octanol–water partition coefficient (Wildman–Crippen LogP) is 4.48. The number of unbranched alkanes of at least 4 members (excludes halogenated alkanes) is 7. The number of carbonyl (C=O) groups is 1. The molecule has 3 rings (SSSR count). The lowest BCUT2D eigenvalue weighted by atomic mass is 10.0. The lowest BCUT2D eigenvalue weighted by molar-refractivity contribution is 0.0950.